The van der Waals surface area contributed by atoms with Crippen molar-refractivity contribution in [2.45, 2.75) is 31.6 Å². The minimum atomic E-state index is -3.69. The number of amides is 1. The van der Waals surface area contributed by atoms with Crippen LogP contribution < -0.4 is 5.32 Å². The molecule has 4 rings (SSSR count). The number of anilines is 1. The summed E-state index contributed by atoms with van der Waals surface area (Å²) in [6.45, 7) is 4.50. The Bertz CT molecular complexity index is 1160. The quantitative estimate of drug-likeness (QED) is 0.653. The van der Waals surface area contributed by atoms with Gasteiger partial charge in [-0.15, -0.1) is 0 Å². The molecule has 1 N–H and O–H groups in total. The van der Waals surface area contributed by atoms with E-state index < -0.39 is 15.8 Å². The van der Waals surface area contributed by atoms with E-state index in [1.807, 2.05) is 26.0 Å². The zero-order chi connectivity index (χ0) is 21.5. The van der Waals surface area contributed by atoms with Crippen molar-refractivity contribution in [3.05, 3.63) is 53.3 Å². The van der Waals surface area contributed by atoms with Crippen LogP contribution in [0.3, 0.4) is 0 Å². The molecular formula is C21H22FN3O3S2. The molecule has 6 nitrogen and oxygen atoms in total. The van der Waals surface area contributed by atoms with Crippen molar-refractivity contribution in [2.75, 3.05) is 18.4 Å². The molecule has 1 saturated heterocycles. The van der Waals surface area contributed by atoms with Gasteiger partial charge in [0, 0.05) is 19.0 Å². The minimum absolute atomic E-state index is 0.0621. The number of aromatic nitrogens is 1. The molecule has 0 unspecified atom stereocenters. The number of hydrogen-bond acceptors (Lipinski definition) is 5. The second kappa shape index (κ2) is 8.05. The highest BCUT2D eigenvalue weighted by molar-refractivity contribution is 7.89. The first kappa shape index (κ1) is 20.9. The van der Waals surface area contributed by atoms with E-state index in [2.05, 4.69) is 10.3 Å². The van der Waals surface area contributed by atoms with Gasteiger partial charge in [-0.2, -0.15) is 4.31 Å². The molecule has 1 aromatic heterocycles. The average Bonchev–Trinajstić information content (AvgIpc) is 3.16. The Morgan fingerprint density at radius 3 is 2.37 bits per heavy atom. The molecule has 1 aliphatic heterocycles. The molecule has 0 radical (unpaired) electrons. The van der Waals surface area contributed by atoms with Crippen molar-refractivity contribution < 1.29 is 17.6 Å². The molecule has 3 aromatic rings. The summed E-state index contributed by atoms with van der Waals surface area (Å²) < 4.78 is 41.0. The van der Waals surface area contributed by atoms with E-state index in [4.69, 9.17) is 0 Å². The Morgan fingerprint density at radius 1 is 1.10 bits per heavy atom. The average molecular weight is 448 g/mol. The third-order valence-corrected chi connectivity index (χ3v) is 8.47. The van der Waals surface area contributed by atoms with Gasteiger partial charge in [0.1, 0.15) is 5.82 Å². The zero-order valence-electron chi connectivity index (χ0n) is 16.7. The smallest absolute Gasteiger partial charge is 0.243 e. The molecule has 1 amide bonds. The zero-order valence-corrected chi connectivity index (χ0v) is 18.3. The molecule has 2 heterocycles. The summed E-state index contributed by atoms with van der Waals surface area (Å²) in [5, 5.41) is 3.47. The number of rotatable bonds is 4. The lowest BCUT2D eigenvalue weighted by Crippen LogP contribution is -2.41. The lowest BCUT2D eigenvalue weighted by atomic mass is 9.97. The fraction of sp³-hybridized carbons (Fsp3) is 0.333. The van der Waals surface area contributed by atoms with Gasteiger partial charge in [0.15, 0.2) is 5.13 Å². The van der Waals surface area contributed by atoms with Gasteiger partial charge in [0.2, 0.25) is 15.9 Å². The second-order valence-corrected chi connectivity index (χ2v) is 10.5. The minimum Gasteiger partial charge on any atom is -0.302 e. The molecule has 0 aliphatic carbocycles. The molecule has 0 atom stereocenters. The van der Waals surface area contributed by atoms with Crippen molar-refractivity contribution in [3.63, 3.8) is 0 Å². The van der Waals surface area contributed by atoms with E-state index in [0.717, 1.165) is 33.5 Å². The van der Waals surface area contributed by atoms with Crippen LogP contribution in [0.2, 0.25) is 0 Å². The number of thiazole rings is 1. The first-order valence-electron chi connectivity index (χ1n) is 9.69. The normalized spacial score (nSPS) is 16.1. The Balaban J connectivity index is 1.42. The van der Waals surface area contributed by atoms with E-state index in [0.29, 0.717) is 18.0 Å². The summed E-state index contributed by atoms with van der Waals surface area (Å²) in [6, 6.07) is 8.85. The molecule has 0 bridgehead atoms. The van der Waals surface area contributed by atoms with Gasteiger partial charge < -0.3 is 5.32 Å². The number of carbonyl (C=O) groups excluding carboxylic acids is 1. The van der Waals surface area contributed by atoms with Gasteiger partial charge in [0.05, 0.1) is 15.1 Å². The lowest BCUT2D eigenvalue weighted by Gasteiger charge is -2.30. The van der Waals surface area contributed by atoms with E-state index in [1.54, 1.807) is 0 Å². The molecule has 9 heteroatoms. The summed E-state index contributed by atoms with van der Waals surface area (Å²) in [4.78, 5) is 17.3. The predicted molar refractivity (Wildman–Crippen MR) is 116 cm³/mol. The monoisotopic (exact) mass is 447 g/mol. The molecule has 30 heavy (non-hydrogen) atoms. The SMILES string of the molecule is Cc1ccc(C)c2sc(NC(=O)C3CCN(S(=O)(=O)c4ccc(F)cc4)CC3)nc12. The molecular weight excluding hydrogens is 425 g/mol. The van der Waals surface area contributed by atoms with Crippen LogP contribution in [0, 0.1) is 25.6 Å². The number of halogens is 1. The number of benzene rings is 2. The third kappa shape index (κ3) is 3.97. The maximum Gasteiger partial charge on any atom is 0.243 e. The fourth-order valence-corrected chi connectivity index (χ4v) is 6.12. The van der Waals surface area contributed by atoms with Crippen LogP contribution >= 0.6 is 11.3 Å². The number of sulfonamides is 1. The lowest BCUT2D eigenvalue weighted by molar-refractivity contribution is -0.120. The van der Waals surface area contributed by atoms with Crippen LogP contribution in [0.25, 0.3) is 10.2 Å². The second-order valence-electron chi connectivity index (χ2n) is 7.52. The molecule has 158 valence electrons. The summed E-state index contributed by atoms with van der Waals surface area (Å²) in [7, 11) is -3.69. The predicted octanol–water partition coefficient (Wildman–Crippen LogP) is 4.09. The van der Waals surface area contributed by atoms with Gasteiger partial charge in [-0.1, -0.05) is 23.5 Å². The van der Waals surface area contributed by atoms with Gasteiger partial charge in [-0.3, -0.25) is 4.79 Å². The number of hydrogen-bond donors (Lipinski definition) is 1. The van der Waals surface area contributed by atoms with Crippen LogP contribution in [-0.4, -0.2) is 36.7 Å². The van der Waals surface area contributed by atoms with Gasteiger partial charge in [-0.25, -0.2) is 17.8 Å². The Labute approximate surface area is 178 Å². The first-order valence-corrected chi connectivity index (χ1v) is 11.9. The maximum absolute atomic E-state index is 13.1. The molecule has 0 spiro atoms. The summed E-state index contributed by atoms with van der Waals surface area (Å²) in [6.07, 6.45) is 0.852. The summed E-state index contributed by atoms with van der Waals surface area (Å²) >= 11 is 1.45. The number of fused-ring (bicyclic) bond motifs is 1. The van der Waals surface area contributed by atoms with Crippen LogP contribution in [-0.2, 0) is 14.8 Å². The molecule has 2 aromatic carbocycles. The van der Waals surface area contributed by atoms with Crippen LogP contribution in [0.5, 0.6) is 0 Å². The van der Waals surface area contributed by atoms with Crippen molar-refractivity contribution in [3.8, 4) is 0 Å². The number of piperidine rings is 1. The van der Waals surface area contributed by atoms with E-state index in [1.165, 1.54) is 27.8 Å². The highest BCUT2D eigenvalue weighted by Gasteiger charge is 2.32. The summed E-state index contributed by atoms with van der Waals surface area (Å²) in [5.74, 6) is -0.897. The number of aryl methyl sites for hydroxylation is 2. The Morgan fingerprint density at radius 2 is 1.73 bits per heavy atom. The fourth-order valence-electron chi connectivity index (χ4n) is 3.63. The molecule has 0 saturated carbocycles. The summed E-state index contributed by atoms with van der Waals surface area (Å²) in [5.41, 5.74) is 3.08. The van der Waals surface area contributed by atoms with Crippen LogP contribution in [0.4, 0.5) is 9.52 Å². The largest absolute Gasteiger partial charge is 0.302 e. The topological polar surface area (TPSA) is 79.4 Å². The Hall–Kier alpha value is -2.36. The molecule has 1 fully saturated rings. The van der Waals surface area contributed by atoms with Crippen LogP contribution in [0.15, 0.2) is 41.3 Å². The van der Waals surface area contributed by atoms with Crippen LogP contribution in [0.1, 0.15) is 24.0 Å². The highest BCUT2D eigenvalue weighted by atomic mass is 32.2. The highest BCUT2D eigenvalue weighted by Crippen LogP contribution is 2.32. The number of nitrogens with one attached hydrogen (secondary N) is 1. The van der Waals surface area contributed by atoms with E-state index in [-0.39, 0.29) is 29.8 Å². The van der Waals surface area contributed by atoms with Gasteiger partial charge >= 0.3 is 0 Å². The van der Waals surface area contributed by atoms with Gasteiger partial charge in [-0.05, 0) is 62.1 Å². The van der Waals surface area contributed by atoms with Gasteiger partial charge in [0.25, 0.3) is 0 Å². The van der Waals surface area contributed by atoms with Crippen molar-refractivity contribution in [1.82, 2.24) is 9.29 Å². The molecule has 1 aliphatic rings. The van der Waals surface area contributed by atoms with Crippen molar-refractivity contribution >= 4 is 42.6 Å². The van der Waals surface area contributed by atoms with Crippen molar-refractivity contribution in [2.24, 2.45) is 5.92 Å². The van der Waals surface area contributed by atoms with E-state index >= 15 is 0 Å². The standard InChI is InChI=1S/C21H22FN3O3S2/c1-13-3-4-14(2)19-18(13)23-21(29-19)24-20(26)15-9-11-25(12-10-15)30(27,28)17-7-5-16(22)6-8-17/h3-8,15H,9-12H2,1-2H3,(H,23,24,26). The number of nitrogens with zero attached hydrogens (tertiary/aromatic N) is 2. The maximum atomic E-state index is 13.1. The number of carbonyl (C=O) groups is 1. The first-order chi connectivity index (χ1) is 14.3. The Kier molecular flexibility index (Phi) is 5.61. The van der Waals surface area contributed by atoms with Crippen molar-refractivity contribution in [1.29, 1.82) is 0 Å². The van der Waals surface area contributed by atoms with E-state index in [9.17, 15) is 17.6 Å². The third-order valence-electron chi connectivity index (χ3n) is 5.45.